The zero-order chi connectivity index (χ0) is 22.0. The highest BCUT2D eigenvalue weighted by atomic mass is 19.1. The predicted octanol–water partition coefficient (Wildman–Crippen LogP) is 4.61. The Labute approximate surface area is 175 Å². The molecule has 0 fully saturated rings. The SMILES string of the molecule is COc1cc([N+](=O)[O-])ccc1-n1c(/C=C\c2ccc(F)cc2)nc2ccccc2c1=O. The van der Waals surface area contributed by atoms with Gasteiger partial charge in [0.15, 0.2) is 0 Å². The highest BCUT2D eigenvalue weighted by Crippen LogP contribution is 2.28. The van der Waals surface area contributed by atoms with Crippen molar-refractivity contribution >= 4 is 28.7 Å². The number of hydrogen-bond donors (Lipinski definition) is 0. The van der Waals surface area contributed by atoms with Crippen LogP contribution in [-0.2, 0) is 0 Å². The molecule has 0 atom stereocenters. The van der Waals surface area contributed by atoms with Crippen molar-refractivity contribution in [1.29, 1.82) is 0 Å². The maximum Gasteiger partial charge on any atom is 0.273 e. The summed E-state index contributed by atoms with van der Waals surface area (Å²) in [4.78, 5) is 28.5. The average Bonchev–Trinajstić information content (AvgIpc) is 2.78. The lowest BCUT2D eigenvalue weighted by Gasteiger charge is -2.14. The van der Waals surface area contributed by atoms with E-state index in [1.54, 1.807) is 48.6 Å². The molecule has 0 bridgehead atoms. The Morgan fingerprint density at radius 3 is 2.52 bits per heavy atom. The van der Waals surface area contributed by atoms with Gasteiger partial charge >= 0.3 is 0 Å². The number of fused-ring (bicyclic) bond motifs is 1. The quantitative estimate of drug-likeness (QED) is 0.350. The number of hydrogen-bond acceptors (Lipinski definition) is 5. The van der Waals surface area contributed by atoms with E-state index in [2.05, 4.69) is 4.98 Å². The van der Waals surface area contributed by atoms with Crippen molar-refractivity contribution in [2.45, 2.75) is 0 Å². The van der Waals surface area contributed by atoms with E-state index in [0.29, 0.717) is 28.0 Å². The first-order chi connectivity index (χ1) is 15.0. The lowest BCUT2D eigenvalue weighted by molar-refractivity contribution is -0.384. The van der Waals surface area contributed by atoms with Gasteiger partial charge < -0.3 is 4.74 Å². The van der Waals surface area contributed by atoms with Crippen molar-refractivity contribution in [3.8, 4) is 11.4 Å². The fraction of sp³-hybridized carbons (Fsp3) is 0.0435. The van der Waals surface area contributed by atoms with Gasteiger partial charge in [0.1, 0.15) is 17.4 Å². The summed E-state index contributed by atoms with van der Waals surface area (Å²) in [5, 5.41) is 11.5. The first kappa shape index (κ1) is 20.0. The molecule has 1 heterocycles. The number of benzene rings is 3. The van der Waals surface area contributed by atoms with Crippen molar-refractivity contribution in [3.05, 3.63) is 104 Å². The maximum atomic E-state index is 13.3. The molecule has 4 rings (SSSR count). The molecule has 8 heteroatoms. The summed E-state index contributed by atoms with van der Waals surface area (Å²) in [6, 6.07) is 16.8. The predicted molar refractivity (Wildman–Crippen MR) is 116 cm³/mol. The minimum absolute atomic E-state index is 0.157. The van der Waals surface area contributed by atoms with Crippen LogP contribution in [-0.4, -0.2) is 21.6 Å². The number of para-hydroxylation sites is 1. The van der Waals surface area contributed by atoms with Gasteiger partial charge in [-0.05, 0) is 42.0 Å². The molecule has 31 heavy (non-hydrogen) atoms. The third-order valence-electron chi connectivity index (χ3n) is 4.71. The fourth-order valence-corrected chi connectivity index (χ4v) is 3.20. The first-order valence-electron chi connectivity index (χ1n) is 9.26. The highest BCUT2D eigenvalue weighted by molar-refractivity contribution is 5.80. The van der Waals surface area contributed by atoms with Crippen LogP contribution in [0.3, 0.4) is 0 Å². The van der Waals surface area contributed by atoms with E-state index in [0.717, 1.165) is 0 Å². The molecular weight excluding hydrogens is 401 g/mol. The number of nitrogens with zero attached hydrogens (tertiary/aromatic N) is 3. The molecule has 154 valence electrons. The van der Waals surface area contributed by atoms with E-state index < -0.39 is 4.92 Å². The molecule has 0 saturated carbocycles. The van der Waals surface area contributed by atoms with E-state index in [1.165, 1.54) is 42.0 Å². The van der Waals surface area contributed by atoms with Crippen LogP contribution in [0, 0.1) is 15.9 Å². The summed E-state index contributed by atoms with van der Waals surface area (Å²) >= 11 is 0. The van der Waals surface area contributed by atoms with Gasteiger partial charge in [-0.3, -0.25) is 19.5 Å². The van der Waals surface area contributed by atoms with Gasteiger partial charge in [-0.1, -0.05) is 30.3 Å². The van der Waals surface area contributed by atoms with Crippen LogP contribution < -0.4 is 10.3 Å². The maximum absolute atomic E-state index is 13.3. The van der Waals surface area contributed by atoms with Crippen LogP contribution in [0.15, 0.2) is 71.5 Å². The lowest BCUT2D eigenvalue weighted by atomic mass is 10.2. The molecule has 0 aliphatic heterocycles. The number of nitro benzene ring substituents is 1. The molecule has 3 aromatic carbocycles. The lowest BCUT2D eigenvalue weighted by Crippen LogP contribution is -2.23. The standard InChI is InChI=1S/C23H16FN3O4/c1-31-21-14-17(27(29)30)11-12-20(21)26-22(13-8-15-6-9-16(24)10-7-15)25-19-5-3-2-4-18(19)23(26)28/h2-14H,1H3/b13-8-. The van der Waals surface area contributed by atoms with Crippen LogP contribution in [0.25, 0.3) is 28.7 Å². The topological polar surface area (TPSA) is 87.3 Å². The zero-order valence-electron chi connectivity index (χ0n) is 16.4. The van der Waals surface area contributed by atoms with Gasteiger partial charge in [0.2, 0.25) is 0 Å². The summed E-state index contributed by atoms with van der Waals surface area (Å²) in [5.74, 6) is 0.0958. The Morgan fingerprint density at radius 2 is 1.81 bits per heavy atom. The Balaban J connectivity index is 1.96. The molecule has 0 N–H and O–H groups in total. The molecule has 7 nitrogen and oxygen atoms in total. The number of non-ortho nitro benzene ring substituents is 1. The highest BCUT2D eigenvalue weighted by Gasteiger charge is 2.17. The van der Waals surface area contributed by atoms with Crippen molar-refractivity contribution in [1.82, 2.24) is 9.55 Å². The largest absolute Gasteiger partial charge is 0.494 e. The second-order valence-corrected chi connectivity index (χ2v) is 6.63. The monoisotopic (exact) mass is 417 g/mol. The summed E-state index contributed by atoms with van der Waals surface area (Å²) in [6.45, 7) is 0. The summed E-state index contributed by atoms with van der Waals surface area (Å²) in [7, 11) is 1.37. The second kappa shape index (κ2) is 8.19. The number of aromatic nitrogens is 2. The van der Waals surface area contributed by atoms with E-state index >= 15 is 0 Å². The smallest absolute Gasteiger partial charge is 0.273 e. The number of ether oxygens (including phenoxy) is 1. The van der Waals surface area contributed by atoms with Gasteiger partial charge in [0, 0.05) is 6.07 Å². The molecule has 0 aliphatic rings. The minimum atomic E-state index is -0.539. The van der Waals surface area contributed by atoms with Crippen LogP contribution >= 0.6 is 0 Å². The normalized spacial score (nSPS) is 11.2. The third-order valence-corrected chi connectivity index (χ3v) is 4.71. The fourth-order valence-electron chi connectivity index (χ4n) is 3.20. The summed E-state index contributed by atoms with van der Waals surface area (Å²) in [6.07, 6.45) is 3.33. The van der Waals surface area contributed by atoms with Gasteiger partial charge in [-0.15, -0.1) is 0 Å². The molecule has 0 unspecified atom stereocenters. The summed E-state index contributed by atoms with van der Waals surface area (Å²) < 4.78 is 19.9. The molecule has 0 spiro atoms. The minimum Gasteiger partial charge on any atom is -0.494 e. The van der Waals surface area contributed by atoms with Crippen molar-refractivity contribution in [2.24, 2.45) is 0 Å². The van der Waals surface area contributed by atoms with E-state index in [4.69, 9.17) is 4.74 Å². The second-order valence-electron chi connectivity index (χ2n) is 6.63. The molecule has 0 saturated heterocycles. The van der Waals surface area contributed by atoms with Gasteiger partial charge in [-0.25, -0.2) is 9.37 Å². The Kier molecular flexibility index (Phi) is 5.28. The van der Waals surface area contributed by atoms with E-state index in [-0.39, 0.29) is 22.8 Å². The molecule has 0 aliphatic carbocycles. The zero-order valence-corrected chi connectivity index (χ0v) is 16.4. The number of halogens is 1. The Bertz CT molecular complexity index is 1380. The van der Waals surface area contributed by atoms with E-state index in [9.17, 15) is 19.3 Å². The number of rotatable bonds is 5. The van der Waals surface area contributed by atoms with Crippen LogP contribution in [0.5, 0.6) is 5.75 Å². The first-order valence-corrected chi connectivity index (χ1v) is 9.26. The van der Waals surface area contributed by atoms with E-state index in [1.807, 2.05) is 0 Å². The molecule has 0 radical (unpaired) electrons. The van der Waals surface area contributed by atoms with Crippen LogP contribution in [0.4, 0.5) is 10.1 Å². The van der Waals surface area contributed by atoms with Gasteiger partial charge in [0.25, 0.3) is 11.2 Å². The van der Waals surface area contributed by atoms with Gasteiger partial charge in [-0.2, -0.15) is 0 Å². The molecule has 1 aromatic heterocycles. The van der Waals surface area contributed by atoms with Gasteiger partial charge in [0.05, 0.1) is 34.7 Å². The summed E-state index contributed by atoms with van der Waals surface area (Å²) in [5.41, 5.74) is 1.02. The van der Waals surface area contributed by atoms with Crippen molar-refractivity contribution in [2.75, 3.05) is 7.11 Å². The number of methoxy groups -OCH3 is 1. The average molecular weight is 417 g/mol. The van der Waals surface area contributed by atoms with Crippen LogP contribution in [0.2, 0.25) is 0 Å². The Hall–Kier alpha value is -4.33. The third kappa shape index (κ3) is 3.91. The van der Waals surface area contributed by atoms with Crippen molar-refractivity contribution < 1.29 is 14.1 Å². The molecular formula is C23H16FN3O4. The Morgan fingerprint density at radius 1 is 1.06 bits per heavy atom. The molecule has 4 aromatic rings. The number of nitro groups is 1. The molecule has 0 amide bonds. The van der Waals surface area contributed by atoms with Crippen molar-refractivity contribution in [3.63, 3.8) is 0 Å². The van der Waals surface area contributed by atoms with Crippen LogP contribution in [0.1, 0.15) is 11.4 Å².